The van der Waals surface area contributed by atoms with Gasteiger partial charge in [0.1, 0.15) is 6.61 Å². The molecular weight excluding hydrogens is 524 g/mol. The van der Waals surface area contributed by atoms with E-state index >= 15 is 0 Å². The number of aliphatic hydroxyl groups excluding tert-OH is 1. The predicted molar refractivity (Wildman–Crippen MR) is 178 cm³/mol. The summed E-state index contributed by atoms with van der Waals surface area (Å²) in [6.07, 6.45) is 33.2. The van der Waals surface area contributed by atoms with Crippen molar-refractivity contribution in [2.24, 2.45) is 5.92 Å². The number of aliphatic hydroxyl groups is 1. The molecule has 0 fully saturated rings. The summed E-state index contributed by atoms with van der Waals surface area (Å²) in [5, 5.41) is 9.48. The van der Waals surface area contributed by atoms with E-state index < -0.39 is 6.10 Å². The third kappa shape index (κ3) is 31.8. The van der Waals surface area contributed by atoms with Crippen LogP contribution in [0.15, 0.2) is 0 Å². The van der Waals surface area contributed by atoms with Crippen LogP contribution in [-0.4, -0.2) is 36.4 Å². The fourth-order valence-electron chi connectivity index (χ4n) is 5.50. The molecular formula is C37H72O5. The van der Waals surface area contributed by atoms with Crippen LogP contribution in [0, 0.1) is 5.92 Å². The Morgan fingerprint density at radius 2 is 0.881 bits per heavy atom. The lowest BCUT2D eigenvalue weighted by Gasteiger charge is -2.15. The van der Waals surface area contributed by atoms with E-state index in [-0.39, 0.29) is 25.2 Å². The Labute approximate surface area is 261 Å². The maximum absolute atomic E-state index is 12.1. The smallest absolute Gasteiger partial charge is 0.306 e. The molecule has 0 aliphatic heterocycles. The molecule has 0 saturated carbocycles. The highest BCUT2D eigenvalue weighted by Crippen LogP contribution is 2.16. The lowest BCUT2D eigenvalue weighted by molar-refractivity contribution is -0.161. The highest BCUT2D eigenvalue weighted by Gasteiger charge is 2.16. The second-order valence-corrected chi connectivity index (χ2v) is 13.1. The number of esters is 2. The number of carbonyl (C=O) groups is 2. The van der Waals surface area contributed by atoms with Gasteiger partial charge >= 0.3 is 11.9 Å². The van der Waals surface area contributed by atoms with Gasteiger partial charge in [0.2, 0.25) is 0 Å². The first-order valence-electron chi connectivity index (χ1n) is 18.5. The summed E-state index contributed by atoms with van der Waals surface area (Å²) in [4.78, 5) is 24.0. The van der Waals surface area contributed by atoms with E-state index in [2.05, 4.69) is 20.8 Å². The van der Waals surface area contributed by atoms with Gasteiger partial charge in [-0.05, 0) is 18.8 Å². The van der Waals surface area contributed by atoms with Crippen LogP contribution in [0.25, 0.3) is 0 Å². The van der Waals surface area contributed by atoms with Crippen molar-refractivity contribution in [3.8, 4) is 0 Å². The maximum atomic E-state index is 12.1. The molecule has 0 bridgehead atoms. The van der Waals surface area contributed by atoms with Crippen LogP contribution in [0.2, 0.25) is 0 Å². The summed E-state index contributed by atoms with van der Waals surface area (Å²) in [7, 11) is 0. The molecule has 0 aliphatic carbocycles. The quantitative estimate of drug-likeness (QED) is 0.0602. The average molecular weight is 597 g/mol. The number of rotatable bonds is 33. The van der Waals surface area contributed by atoms with Crippen LogP contribution in [-0.2, 0) is 19.1 Å². The molecule has 0 aromatic carbocycles. The Morgan fingerprint density at radius 3 is 1.26 bits per heavy atom. The van der Waals surface area contributed by atoms with E-state index in [1.807, 2.05) is 0 Å². The summed E-state index contributed by atoms with van der Waals surface area (Å²) in [6, 6.07) is 0. The predicted octanol–water partition coefficient (Wildman–Crippen LogP) is 11.0. The number of ether oxygens (including phenoxy) is 2. The molecule has 0 heterocycles. The fourth-order valence-corrected chi connectivity index (χ4v) is 5.50. The zero-order chi connectivity index (χ0) is 30.9. The van der Waals surface area contributed by atoms with Gasteiger partial charge in [-0.1, -0.05) is 175 Å². The van der Waals surface area contributed by atoms with Crippen molar-refractivity contribution >= 4 is 11.9 Å². The topological polar surface area (TPSA) is 72.8 Å². The second-order valence-electron chi connectivity index (χ2n) is 13.1. The molecule has 5 nitrogen and oxygen atoms in total. The Balaban J connectivity index is 3.44. The van der Waals surface area contributed by atoms with Gasteiger partial charge in [0.05, 0.1) is 6.61 Å². The zero-order valence-corrected chi connectivity index (χ0v) is 28.4. The van der Waals surface area contributed by atoms with Gasteiger partial charge in [-0.25, -0.2) is 0 Å². The van der Waals surface area contributed by atoms with Crippen LogP contribution in [0.3, 0.4) is 0 Å². The highest BCUT2D eigenvalue weighted by molar-refractivity contribution is 5.70. The molecule has 42 heavy (non-hydrogen) atoms. The molecule has 0 rings (SSSR count). The minimum atomic E-state index is -0.759. The SMILES string of the molecule is CCCCCCCCCC(=O)OC[C@H](CO)OC(=O)CCCCCCCCCCCCCCCCCCCCC(C)C. The van der Waals surface area contributed by atoms with Gasteiger partial charge in [-0.15, -0.1) is 0 Å². The lowest BCUT2D eigenvalue weighted by atomic mass is 10.0. The van der Waals surface area contributed by atoms with E-state index in [0.717, 1.165) is 44.4 Å². The summed E-state index contributed by atoms with van der Waals surface area (Å²) in [5.41, 5.74) is 0. The van der Waals surface area contributed by atoms with Crippen molar-refractivity contribution in [3.63, 3.8) is 0 Å². The third-order valence-electron chi connectivity index (χ3n) is 8.33. The molecule has 5 heteroatoms. The Kier molecular flexibility index (Phi) is 31.9. The van der Waals surface area contributed by atoms with E-state index in [9.17, 15) is 14.7 Å². The monoisotopic (exact) mass is 597 g/mol. The normalized spacial score (nSPS) is 12.1. The van der Waals surface area contributed by atoms with Crippen LogP contribution in [0.5, 0.6) is 0 Å². The van der Waals surface area contributed by atoms with Crippen molar-refractivity contribution in [2.45, 2.75) is 207 Å². The van der Waals surface area contributed by atoms with Crippen LogP contribution >= 0.6 is 0 Å². The molecule has 0 aromatic rings. The Hall–Kier alpha value is -1.10. The van der Waals surface area contributed by atoms with Gasteiger partial charge < -0.3 is 14.6 Å². The lowest BCUT2D eigenvalue weighted by Crippen LogP contribution is -2.28. The molecule has 0 radical (unpaired) electrons. The van der Waals surface area contributed by atoms with Crippen LogP contribution in [0.1, 0.15) is 201 Å². The van der Waals surface area contributed by atoms with Crippen molar-refractivity contribution in [3.05, 3.63) is 0 Å². The molecule has 0 aliphatic rings. The first-order valence-corrected chi connectivity index (χ1v) is 18.5. The number of carbonyl (C=O) groups excluding carboxylic acids is 2. The van der Waals surface area contributed by atoms with Crippen molar-refractivity contribution in [1.82, 2.24) is 0 Å². The van der Waals surface area contributed by atoms with E-state index in [4.69, 9.17) is 9.47 Å². The molecule has 0 amide bonds. The van der Waals surface area contributed by atoms with Gasteiger partial charge in [-0.3, -0.25) is 9.59 Å². The number of hydrogen-bond donors (Lipinski definition) is 1. The van der Waals surface area contributed by atoms with Gasteiger partial charge in [0, 0.05) is 12.8 Å². The van der Waals surface area contributed by atoms with Crippen molar-refractivity contribution in [2.75, 3.05) is 13.2 Å². The molecule has 0 unspecified atom stereocenters. The van der Waals surface area contributed by atoms with Gasteiger partial charge in [0.25, 0.3) is 0 Å². The summed E-state index contributed by atoms with van der Waals surface area (Å²) in [6.45, 7) is 6.47. The first kappa shape index (κ1) is 40.9. The van der Waals surface area contributed by atoms with Gasteiger partial charge in [0.15, 0.2) is 6.10 Å². The highest BCUT2D eigenvalue weighted by atomic mass is 16.6. The molecule has 0 aromatic heterocycles. The van der Waals surface area contributed by atoms with E-state index in [1.54, 1.807) is 0 Å². The molecule has 0 saturated heterocycles. The number of unbranched alkanes of at least 4 members (excludes halogenated alkanes) is 23. The molecule has 1 N–H and O–H groups in total. The van der Waals surface area contributed by atoms with Gasteiger partial charge in [-0.2, -0.15) is 0 Å². The summed E-state index contributed by atoms with van der Waals surface area (Å²) < 4.78 is 10.5. The minimum absolute atomic E-state index is 0.0592. The first-order chi connectivity index (χ1) is 20.5. The molecule has 1 atom stereocenters. The maximum Gasteiger partial charge on any atom is 0.306 e. The Morgan fingerprint density at radius 1 is 0.524 bits per heavy atom. The Bertz CT molecular complexity index is 577. The van der Waals surface area contributed by atoms with Crippen LogP contribution in [0.4, 0.5) is 0 Å². The second kappa shape index (κ2) is 32.8. The largest absolute Gasteiger partial charge is 0.462 e. The summed E-state index contributed by atoms with van der Waals surface area (Å²) in [5.74, 6) is 0.278. The standard InChI is InChI=1S/C37H72O5/c1-4-5-6-7-20-24-27-30-36(39)41-33-35(32-38)42-37(40)31-28-25-22-19-17-15-13-11-9-8-10-12-14-16-18-21-23-26-29-34(2)3/h34-35,38H,4-33H2,1-3H3/t35-/m0/s1. The minimum Gasteiger partial charge on any atom is -0.462 e. The van der Waals surface area contributed by atoms with Crippen molar-refractivity contribution < 1.29 is 24.2 Å². The average Bonchev–Trinajstić information content (AvgIpc) is 2.97. The molecule has 250 valence electrons. The fraction of sp³-hybridized carbons (Fsp3) is 0.946. The zero-order valence-electron chi connectivity index (χ0n) is 28.4. The summed E-state index contributed by atoms with van der Waals surface area (Å²) >= 11 is 0. The van der Waals surface area contributed by atoms with E-state index in [0.29, 0.717) is 12.8 Å². The van der Waals surface area contributed by atoms with E-state index in [1.165, 1.54) is 128 Å². The van der Waals surface area contributed by atoms with Crippen LogP contribution < -0.4 is 0 Å². The van der Waals surface area contributed by atoms with Crippen molar-refractivity contribution in [1.29, 1.82) is 0 Å². The molecule has 0 spiro atoms. The number of hydrogen-bond acceptors (Lipinski definition) is 5. The third-order valence-corrected chi connectivity index (χ3v) is 8.33.